The summed E-state index contributed by atoms with van der Waals surface area (Å²) in [4.78, 5) is 4.85. The van der Waals surface area contributed by atoms with Crippen molar-refractivity contribution in [1.82, 2.24) is 9.71 Å². The van der Waals surface area contributed by atoms with E-state index in [2.05, 4.69) is 9.71 Å². The number of nitrogens with zero attached hydrogens (tertiary/aromatic N) is 1. The standard InChI is InChI=1S/C12H12ClN3O2S3/c13-10-4-3-8(20-10)5-7-16-21(17,18)9-2-1-6-15-11(9)12(14)19/h1-4,6,16H,5,7H2,(H2,14,19). The first-order valence-electron chi connectivity index (χ1n) is 5.89. The molecular formula is C12H12ClN3O2S3. The zero-order valence-electron chi connectivity index (χ0n) is 10.7. The van der Waals surface area contributed by atoms with Crippen molar-refractivity contribution < 1.29 is 8.42 Å². The number of sulfonamides is 1. The minimum absolute atomic E-state index is 0.0123. The molecule has 9 heteroatoms. The summed E-state index contributed by atoms with van der Waals surface area (Å²) in [6, 6.07) is 6.59. The third kappa shape index (κ3) is 4.21. The molecule has 21 heavy (non-hydrogen) atoms. The fourth-order valence-corrected chi connectivity index (χ4v) is 4.18. The molecule has 0 aliphatic rings. The fourth-order valence-electron chi connectivity index (χ4n) is 1.66. The van der Waals surface area contributed by atoms with E-state index in [1.165, 1.54) is 29.7 Å². The van der Waals surface area contributed by atoms with Gasteiger partial charge in [0.25, 0.3) is 0 Å². The number of pyridine rings is 1. The number of hydrogen-bond acceptors (Lipinski definition) is 5. The van der Waals surface area contributed by atoms with Gasteiger partial charge in [-0.05, 0) is 30.7 Å². The molecule has 0 aromatic carbocycles. The number of rotatable bonds is 6. The van der Waals surface area contributed by atoms with E-state index in [0.717, 1.165) is 4.88 Å². The first-order valence-corrected chi connectivity index (χ1v) is 8.97. The molecule has 0 fully saturated rings. The van der Waals surface area contributed by atoms with E-state index in [9.17, 15) is 8.42 Å². The van der Waals surface area contributed by atoms with Crippen molar-refractivity contribution in [1.29, 1.82) is 0 Å². The van der Waals surface area contributed by atoms with Crippen LogP contribution in [0.5, 0.6) is 0 Å². The Balaban J connectivity index is 2.10. The number of aromatic nitrogens is 1. The Morgan fingerprint density at radius 1 is 1.43 bits per heavy atom. The Morgan fingerprint density at radius 2 is 2.19 bits per heavy atom. The van der Waals surface area contributed by atoms with Gasteiger partial charge in [-0.2, -0.15) is 0 Å². The predicted octanol–water partition coefficient (Wildman–Crippen LogP) is 1.95. The van der Waals surface area contributed by atoms with Crippen molar-refractivity contribution in [2.24, 2.45) is 5.73 Å². The summed E-state index contributed by atoms with van der Waals surface area (Å²) in [5.74, 6) is 0. The smallest absolute Gasteiger partial charge is 0.242 e. The molecule has 0 bridgehead atoms. The molecule has 2 aromatic heterocycles. The second kappa shape index (κ2) is 6.80. The quantitative estimate of drug-likeness (QED) is 0.768. The maximum Gasteiger partial charge on any atom is 0.242 e. The van der Waals surface area contributed by atoms with Gasteiger partial charge < -0.3 is 5.73 Å². The van der Waals surface area contributed by atoms with Gasteiger partial charge in [0.15, 0.2) is 0 Å². The van der Waals surface area contributed by atoms with Crippen LogP contribution in [0.25, 0.3) is 0 Å². The van der Waals surface area contributed by atoms with Gasteiger partial charge in [-0.15, -0.1) is 11.3 Å². The summed E-state index contributed by atoms with van der Waals surface area (Å²) >= 11 is 12.1. The van der Waals surface area contributed by atoms with Crippen molar-refractivity contribution >= 4 is 50.2 Å². The molecule has 0 saturated heterocycles. The molecule has 0 aliphatic heterocycles. The van der Waals surface area contributed by atoms with E-state index in [1.807, 2.05) is 6.07 Å². The molecule has 112 valence electrons. The lowest BCUT2D eigenvalue weighted by atomic mass is 10.3. The highest BCUT2D eigenvalue weighted by molar-refractivity contribution is 7.89. The highest BCUT2D eigenvalue weighted by atomic mass is 35.5. The maximum absolute atomic E-state index is 12.3. The van der Waals surface area contributed by atoms with Crippen molar-refractivity contribution in [2.45, 2.75) is 11.3 Å². The SMILES string of the molecule is NC(=S)c1ncccc1S(=O)(=O)NCCc1ccc(Cl)s1. The molecule has 0 radical (unpaired) electrons. The number of nitrogens with one attached hydrogen (secondary N) is 1. The normalized spacial score (nSPS) is 11.5. The summed E-state index contributed by atoms with van der Waals surface area (Å²) in [6.07, 6.45) is 2.00. The number of thiocarbonyl (C=S) groups is 1. The number of halogens is 1. The summed E-state index contributed by atoms with van der Waals surface area (Å²) < 4.78 is 27.7. The Morgan fingerprint density at radius 3 is 2.81 bits per heavy atom. The van der Waals surface area contributed by atoms with E-state index in [1.54, 1.807) is 6.07 Å². The maximum atomic E-state index is 12.3. The van der Waals surface area contributed by atoms with Crippen LogP contribution in [0.3, 0.4) is 0 Å². The lowest BCUT2D eigenvalue weighted by molar-refractivity contribution is 0.581. The van der Waals surface area contributed by atoms with Crippen LogP contribution in [0.15, 0.2) is 35.4 Å². The number of thiophene rings is 1. The van der Waals surface area contributed by atoms with E-state index in [0.29, 0.717) is 10.8 Å². The molecule has 0 spiro atoms. The molecule has 0 atom stereocenters. The molecule has 0 saturated carbocycles. The topological polar surface area (TPSA) is 85.1 Å². The van der Waals surface area contributed by atoms with Crippen LogP contribution in [0.2, 0.25) is 4.34 Å². The van der Waals surface area contributed by atoms with Crippen LogP contribution in [0.1, 0.15) is 10.6 Å². The summed E-state index contributed by atoms with van der Waals surface area (Å²) in [7, 11) is -3.71. The second-order valence-electron chi connectivity index (χ2n) is 4.07. The van der Waals surface area contributed by atoms with Crippen molar-refractivity contribution in [3.63, 3.8) is 0 Å². The molecule has 2 heterocycles. The molecule has 0 unspecified atom stereocenters. The molecule has 2 rings (SSSR count). The van der Waals surface area contributed by atoms with E-state index < -0.39 is 10.0 Å². The third-order valence-electron chi connectivity index (χ3n) is 2.59. The monoisotopic (exact) mass is 361 g/mol. The summed E-state index contributed by atoms with van der Waals surface area (Å²) in [5.41, 5.74) is 5.59. The van der Waals surface area contributed by atoms with Gasteiger partial charge in [0.05, 0.1) is 4.34 Å². The highest BCUT2D eigenvalue weighted by Gasteiger charge is 2.20. The van der Waals surface area contributed by atoms with Crippen molar-refractivity contribution in [3.05, 3.63) is 45.4 Å². The molecule has 5 nitrogen and oxygen atoms in total. The van der Waals surface area contributed by atoms with Crippen LogP contribution in [-0.2, 0) is 16.4 Å². The van der Waals surface area contributed by atoms with Gasteiger partial charge in [0, 0.05) is 17.6 Å². The first kappa shape index (κ1) is 16.3. The third-order valence-corrected chi connectivity index (χ3v) is 5.56. The van der Waals surface area contributed by atoms with Gasteiger partial charge in [0.1, 0.15) is 15.6 Å². The van der Waals surface area contributed by atoms with Gasteiger partial charge >= 0.3 is 0 Å². The van der Waals surface area contributed by atoms with Gasteiger partial charge in [-0.25, -0.2) is 13.1 Å². The molecule has 0 amide bonds. The Labute approximate surface area is 137 Å². The van der Waals surface area contributed by atoms with Crippen LogP contribution in [0, 0.1) is 0 Å². The van der Waals surface area contributed by atoms with Crippen LogP contribution in [0.4, 0.5) is 0 Å². The van der Waals surface area contributed by atoms with Crippen molar-refractivity contribution in [3.8, 4) is 0 Å². The zero-order valence-corrected chi connectivity index (χ0v) is 14.0. The highest BCUT2D eigenvalue weighted by Crippen LogP contribution is 2.21. The molecule has 0 aliphatic carbocycles. The fraction of sp³-hybridized carbons (Fsp3) is 0.167. The Kier molecular flexibility index (Phi) is 5.28. The first-order chi connectivity index (χ1) is 9.90. The predicted molar refractivity (Wildman–Crippen MR) is 88.3 cm³/mol. The number of hydrogen-bond donors (Lipinski definition) is 2. The minimum Gasteiger partial charge on any atom is -0.388 e. The largest absolute Gasteiger partial charge is 0.388 e. The van der Waals surface area contributed by atoms with E-state index in [4.69, 9.17) is 29.6 Å². The van der Waals surface area contributed by atoms with Crippen LogP contribution in [-0.4, -0.2) is 24.9 Å². The van der Waals surface area contributed by atoms with Gasteiger partial charge in [0.2, 0.25) is 10.0 Å². The van der Waals surface area contributed by atoms with E-state index >= 15 is 0 Å². The van der Waals surface area contributed by atoms with Crippen LogP contribution < -0.4 is 10.5 Å². The minimum atomic E-state index is -3.71. The molecular weight excluding hydrogens is 350 g/mol. The van der Waals surface area contributed by atoms with Gasteiger partial charge in [-0.1, -0.05) is 23.8 Å². The second-order valence-corrected chi connectivity index (χ2v) is 8.04. The average Bonchev–Trinajstić information content (AvgIpc) is 2.84. The summed E-state index contributed by atoms with van der Waals surface area (Å²) in [6.45, 7) is 0.255. The summed E-state index contributed by atoms with van der Waals surface area (Å²) in [5, 5.41) is 0. The zero-order chi connectivity index (χ0) is 15.5. The van der Waals surface area contributed by atoms with Gasteiger partial charge in [-0.3, -0.25) is 4.98 Å². The van der Waals surface area contributed by atoms with Crippen LogP contribution >= 0.6 is 35.2 Å². The number of nitrogens with two attached hydrogens (primary N) is 1. The molecule has 3 N–H and O–H groups in total. The lowest BCUT2D eigenvalue weighted by Crippen LogP contribution is -2.28. The van der Waals surface area contributed by atoms with E-state index in [-0.39, 0.29) is 22.1 Å². The lowest BCUT2D eigenvalue weighted by Gasteiger charge is -2.09. The van der Waals surface area contributed by atoms with Crippen molar-refractivity contribution in [2.75, 3.05) is 6.54 Å². The molecule has 2 aromatic rings. The average molecular weight is 362 g/mol. The Bertz CT molecular complexity index is 759. The Hall–Kier alpha value is -1.06.